The summed E-state index contributed by atoms with van der Waals surface area (Å²) in [7, 11) is 0. The fraction of sp³-hybridized carbons (Fsp3) is 0.269. The molecule has 7 nitrogen and oxygen atoms in total. The molecule has 180 valence electrons. The second kappa shape index (κ2) is 8.98. The molecule has 3 aliphatic heterocycles. The van der Waals surface area contributed by atoms with Crippen molar-refractivity contribution >= 4 is 45.6 Å². The lowest BCUT2D eigenvalue weighted by atomic mass is 9.91. The first-order chi connectivity index (χ1) is 16.7. The van der Waals surface area contributed by atoms with E-state index in [0.717, 1.165) is 28.5 Å². The zero-order valence-corrected chi connectivity index (χ0v) is 20.1. The second-order valence-corrected chi connectivity index (χ2v) is 9.95. The highest BCUT2D eigenvalue weighted by molar-refractivity contribution is 8.14. The van der Waals surface area contributed by atoms with E-state index >= 15 is 0 Å². The van der Waals surface area contributed by atoms with E-state index in [1.807, 2.05) is 44.2 Å². The van der Waals surface area contributed by atoms with Gasteiger partial charge < -0.3 is 15.4 Å². The molecular weight excluding hydrogens is 469 g/mol. The SMILES string of the molecule is CC1(C)O/C(=C2/C(=O)Nc3cc(F)ccc32)C=C1c1ccc(CNCCN2C(=O)CSC2=O)cc1. The molecule has 0 aliphatic carbocycles. The molecule has 3 amide bonds. The summed E-state index contributed by atoms with van der Waals surface area (Å²) in [5.74, 6) is -0.176. The maximum atomic E-state index is 13.6. The molecule has 0 atom stereocenters. The Labute approximate surface area is 206 Å². The third-order valence-electron chi connectivity index (χ3n) is 6.21. The minimum Gasteiger partial charge on any atom is -0.482 e. The molecule has 0 radical (unpaired) electrons. The molecule has 2 aromatic rings. The van der Waals surface area contributed by atoms with Crippen LogP contribution in [0.2, 0.25) is 0 Å². The first-order valence-corrected chi connectivity index (χ1v) is 12.3. The second-order valence-electron chi connectivity index (χ2n) is 9.03. The molecular formula is C26H24FN3O4S. The monoisotopic (exact) mass is 493 g/mol. The Kier molecular flexibility index (Phi) is 5.98. The number of hydrogen-bond acceptors (Lipinski definition) is 6. The predicted octanol–water partition coefficient (Wildman–Crippen LogP) is 4.17. The summed E-state index contributed by atoms with van der Waals surface area (Å²) in [4.78, 5) is 37.2. The third kappa shape index (κ3) is 4.49. The lowest BCUT2D eigenvalue weighted by Gasteiger charge is -2.23. The van der Waals surface area contributed by atoms with Gasteiger partial charge in [0.25, 0.3) is 11.1 Å². The summed E-state index contributed by atoms with van der Waals surface area (Å²) in [6.45, 7) is 5.38. The van der Waals surface area contributed by atoms with Crippen LogP contribution in [0.25, 0.3) is 11.1 Å². The third-order valence-corrected chi connectivity index (χ3v) is 7.07. The highest BCUT2D eigenvalue weighted by Crippen LogP contribution is 2.44. The van der Waals surface area contributed by atoms with Gasteiger partial charge in [0.1, 0.15) is 17.2 Å². The molecule has 0 unspecified atom stereocenters. The number of imide groups is 1. The molecule has 5 rings (SSSR count). The fourth-order valence-corrected chi connectivity index (χ4v) is 5.18. The molecule has 3 aliphatic rings. The number of thioether (sulfide) groups is 1. The zero-order valence-electron chi connectivity index (χ0n) is 19.3. The number of fused-ring (bicyclic) bond motifs is 1. The number of rotatable bonds is 6. The number of amides is 3. The molecule has 2 aromatic carbocycles. The quantitative estimate of drug-likeness (QED) is 0.464. The van der Waals surface area contributed by atoms with Gasteiger partial charge in [0, 0.05) is 30.8 Å². The Bertz CT molecular complexity index is 1280. The van der Waals surface area contributed by atoms with Crippen LogP contribution >= 0.6 is 11.8 Å². The van der Waals surface area contributed by atoms with Gasteiger partial charge in [-0.05, 0) is 49.2 Å². The molecule has 0 saturated carbocycles. The van der Waals surface area contributed by atoms with E-state index in [0.29, 0.717) is 42.2 Å². The van der Waals surface area contributed by atoms with Crippen molar-refractivity contribution in [2.45, 2.75) is 26.0 Å². The fourth-order valence-electron chi connectivity index (χ4n) is 4.43. The first-order valence-electron chi connectivity index (χ1n) is 11.3. The van der Waals surface area contributed by atoms with Crippen LogP contribution in [0.1, 0.15) is 30.5 Å². The molecule has 1 saturated heterocycles. The van der Waals surface area contributed by atoms with Crippen molar-refractivity contribution in [2.75, 3.05) is 24.2 Å². The summed E-state index contributed by atoms with van der Waals surface area (Å²) in [5.41, 5.74) is 3.77. The maximum absolute atomic E-state index is 13.6. The van der Waals surface area contributed by atoms with E-state index in [2.05, 4.69) is 10.6 Å². The van der Waals surface area contributed by atoms with E-state index in [9.17, 15) is 18.8 Å². The van der Waals surface area contributed by atoms with Crippen molar-refractivity contribution in [3.8, 4) is 0 Å². The van der Waals surface area contributed by atoms with Crippen LogP contribution < -0.4 is 10.6 Å². The van der Waals surface area contributed by atoms with Gasteiger partial charge in [-0.3, -0.25) is 19.3 Å². The number of hydrogen-bond donors (Lipinski definition) is 2. The van der Waals surface area contributed by atoms with E-state index in [4.69, 9.17) is 4.74 Å². The molecule has 2 N–H and O–H groups in total. The van der Waals surface area contributed by atoms with Gasteiger partial charge >= 0.3 is 0 Å². The molecule has 35 heavy (non-hydrogen) atoms. The number of carbonyl (C=O) groups excluding carboxylic acids is 3. The Morgan fingerprint density at radius 2 is 1.91 bits per heavy atom. The van der Waals surface area contributed by atoms with Crippen LogP contribution in [0.5, 0.6) is 0 Å². The van der Waals surface area contributed by atoms with Crippen LogP contribution in [0.3, 0.4) is 0 Å². The lowest BCUT2D eigenvalue weighted by Crippen LogP contribution is -2.35. The Morgan fingerprint density at radius 1 is 1.14 bits per heavy atom. The minimum atomic E-state index is -0.655. The summed E-state index contributed by atoms with van der Waals surface area (Å²) < 4.78 is 19.8. The smallest absolute Gasteiger partial charge is 0.288 e. The molecule has 0 spiro atoms. The Hall–Kier alpha value is -3.43. The van der Waals surface area contributed by atoms with E-state index in [1.165, 1.54) is 17.0 Å². The molecule has 0 aromatic heterocycles. The zero-order chi connectivity index (χ0) is 24.7. The van der Waals surface area contributed by atoms with Crippen molar-refractivity contribution in [2.24, 2.45) is 0 Å². The molecule has 0 bridgehead atoms. The van der Waals surface area contributed by atoms with Gasteiger partial charge in [-0.1, -0.05) is 36.0 Å². The number of carbonyl (C=O) groups is 3. The van der Waals surface area contributed by atoms with Gasteiger partial charge in [0.05, 0.1) is 17.0 Å². The standard InChI is InChI=1S/C26H24FN3O4S/c1-26(2)19(12-21(34-26)23-18-8-7-17(27)11-20(18)29-24(23)32)16-5-3-15(4-6-16)13-28-9-10-30-22(31)14-35-25(30)33/h3-8,11-12,28H,9-10,13-14H2,1-2H3,(H,29,32)/b23-21+. The van der Waals surface area contributed by atoms with Crippen LogP contribution in [0.4, 0.5) is 14.9 Å². The molecule has 3 heterocycles. The van der Waals surface area contributed by atoms with Crippen molar-refractivity contribution in [1.82, 2.24) is 10.2 Å². The van der Waals surface area contributed by atoms with E-state index in [-0.39, 0.29) is 22.8 Å². The number of anilines is 1. The highest BCUT2D eigenvalue weighted by Gasteiger charge is 2.38. The first kappa shape index (κ1) is 23.3. The van der Waals surface area contributed by atoms with Gasteiger partial charge in [-0.2, -0.15) is 0 Å². The van der Waals surface area contributed by atoms with Crippen LogP contribution in [0.15, 0.2) is 54.3 Å². The van der Waals surface area contributed by atoms with Gasteiger partial charge in [0.2, 0.25) is 5.91 Å². The predicted molar refractivity (Wildman–Crippen MR) is 133 cm³/mol. The summed E-state index contributed by atoms with van der Waals surface area (Å²) >= 11 is 1.04. The summed E-state index contributed by atoms with van der Waals surface area (Å²) in [6, 6.07) is 12.2. The van der Waals surface area contributed by atoms with Gasteiger partial charge in [-0.25, -0.2) is 4.39 Å². The van der Waals surface area contributed by atoms with Crippen molar-refractivity contribution in [1.29, 1.82) is 0 Å². The van der Waals surface area contributed by atoms with Crippen molar-refractivity contribution < 1.29 is 23.5 Å². The number of ether oxygens (including phenoxy) is 1. The minimum absolute atomic E-state index is 0.138. The Balaban J connectivity index is 1.29. The largest absolute Gasteiger partial charge is 0.482 e. The number of benzene rings is 2. The van der Waals surface area contributed by atoms with Crippen LogP contribution in [-0.2, 0) is 20.9 Å². The van der Waals surface area contributed by atoms with Gasteiger partial charge in [-0.15, -0.1) is 0 Å². The van der Waals surface area contributed by atoms with Crippen molar-refractivity contribution in [3.63, 3.8) is 0 Å². The molecule has 9 heteroatoms. The number of nitrogens with one attached hydrogen (secondary N) is 2. The number of allylic oxidation sites excluding steroid dienone is 1. The molecule has 1 fully saturated rings. The highest BCUT2D eigenvalue weighted by atomic mass is 32.2. The van der Waals surface area contributed by atoms with E-state index in [1.54, 1.807) is 6.07 Å². The lowest BCUT2D eigenvalue weighted by molar-refractivity contribution is -0.124. The van der Waals surface area contributed by atoms with Gasteiger partial charge in [0.15, 0.2) is 0 Å². The average Bonchev–Trinajstić information content (AvgIpc) is 3.42. The number of halogens is 1. The van der Waals surface area contributed by atoms with E-state index < -0.39 is 11.4 Å². The topological polar surface area (TPSA) is 87.7 Å². The summed E-state index contributed by atoms with van der Waals surface area (Å²) in [5, 5.41) is 5.79. The normalized spacial score (nSPS) is 20.7. The number of nitrogens with zero attached hydrogens (tertiary/aromatic N) is 1. The Morgan fingerprint density at radius 3 is 2.63 bits per heavy atom. The summed E-state index contributed by atoms with van der Waals surface area (Å²) in [6.07, 6.45) is 1.88. The van der Waals surface area contributed by atoms with Crippen molar-refractivity contribution in [3.05, 3.63) is 76.8 Å². The maximum Gasteiger partial charge on any atom is 0.288 e. The average molecular weight is 494 g/mol. The van der Waals surface area contributed by atoms with Crippen LogP contribution in [0, 0.1) is 5.82 Å². The van der Waals surface area contributed by atoms with Crippen LogP contribution in [-0.4, -0.2) is 46.4 Å².